The Morgan fingerprint density at radius 3 is 2.27 bits per heavy atom. The number of anilines is 2. The normalized spacial score (nSPS) is 15.5. The molecule has 0 amide bonds. The summed E-state index contributed by atoms with van der Waals surface area (Å²) in [4.78, 5) is 15.7. The third kappa shape index (κ3) is 4.33. The molecule has 0 N–H and O–H groups in total. The van der Waals surface area contributed by atoms with Crippen LogP contribution in [0.1, 0.15) is 19.5 Å². The molecule has 3 heterocycles. The van der Waals surface area contributed by atoms with E-state index < -0.39 is 11.9 Å². The number of pyridine rings is 1. The zero-order valence-corrected chi connectivity index (χ0v) is 14.6. The van der Waals surface area contributed by atoms with Crippen LogP contribution in [0.15, 0.2) is 30.6 Å². The quantitative estimate of drug-likeness (QED) is 0.828. The molecule has 140 valence electrons. The summed E-state index contributed by atoms with van der Waals surface area (Å²) in [6.45, 7) is 6.22. The van der Waals surface area contributed by atoms with Gasteiger partial charge >= 0.3 is 6.18 Å². The number of rotatable bonds is 4. The summed E-state index contributed by atoms with van der Waals surface area (Å²) >= 11 is 0. The van der Waals surface area contributed by atoms with Gasteiger partial charge in [0.15, 0.2) is 0 Å². The molecule has 2 aromatic heterocycles. The van der Waals surface area contributed by atoms with Crippen LogP contribution >= 0.6 is 0 Å². The molecule has 1 aliphatic heterocycles. The molecular weight excluding hydrogens is 347 g/mol. The van der Waals surface area contributed by atoms with Crippen molar-refractivity contribution in [2.24, 2.45) is 0 Å². The van der Waals surface area contributed by atoms with Crippen LogP contribution in [0, 0.1) is 0 Å². The fraction of sp³-hybridized carbons (Fsp3) is 0.471. The van der Waals surface area contributed by atoms with Crippen LogP contribution in [-0.4, -0.2) is 47.2 Å². The molecule has 1 fully saturated rings. The van der Waals surface area contributed by atoms with Crippen LogP contribution in [0.2, 0.25) is 0 Å². The smallest absolute Gasteiger partial charge is 0.433 e. The third-order valence-electron chi connectivity index (χ3n) is 3.94. The number of halogens is 3. The van der Waals surface area contributed by atoms with Crippen molar-refractivity contribution in [3.63, 3.8) is 0 Å². The van der Waals surface area contributed by atoms with Gasteiger partial charge in [-0.1, -0.05) is 6.07 Å². The molecular formula is C17H20F3N5O. The fourth-order valence-corrected chi connectivity index (χ4v) is 2.73. The molecule has 0 unspecified atom stereocenters. The van der Waals surface area contributed by atoms with Crippen LogP contribution in [0.25, 0.3) is 0 Å². The Kier molecular flexibility index (Phi) is 5.15. The van der Waals surface area contributed by atoms with Crippen molar-refractivity contribution in [2.75, 3.05) is 36.0 Å². The summed E-state index contributed by atoms with van der Waals surface area (Å²) in [5.41, 5.74) is -0.926. The van der Waals surface area contributed by atoms with E-state index in [0.717, 1.165) is 18.2 Å². The number of piperazine rings is 1. The maximum absolute atomic E-state index is 12.8. The van der Waals surface area contributed by atoms with E-state index in [9.17, 15) is 13.2 Å². The lowest BCUT2D eigenvalue weighted by Crippen LogP contribution is -2.47. The fourth-order valence-electron chi connectivity index (χ4n) is 2.73. The van der Waals surface area contributed by atoms with E-state index in [1.807, 2.05) is 30.9 Å². The second kappa shape index (κ2) is 7.35. The molecule has 1 aliphatic rings. The second-order valence-corrected chi connectivity index (χ2v) is 6.23. The monoisotopic (exact) mass is 367 g/mol. The van der Waals surface area contributed by atoms with Gasteiger partial charge in [-0.25, -0.2) is 9.97 Å². The number of hydrogen-bond acceptors (Lipinski definition) is 6. The molecule has 0 bridgehead atoms. The summed E-state index contributed by atoms with van der Waals surface area (Å²) in [6.07, 6.45) is -3.48. The molecule has 3 rings (SSSR count). The number of aromatic nitrogens is 3. The van der Waals surface area contributed by atoms with E-state index in [2.05, 4.69) is 19.9 Å². The van der Waals surface area contributed by atoms with Crippen molar-refractivity contribution in [3.05, 3.63) is 36.3 Å². The van der Waals surface area contributed by atoms with Crippen LogP contribution in [0.5, 0.6) is 5.88 Å². The molecule has 0 aliphatic carbocycles. The maximum Gasteiger partial charge on any atom is 0.433 e. The molecule has 0 saturated carbocycles. The zero-order valence-electron chi connectivity index (χ0n) is 14.6. The van der Waals surface area contributed by atoms with Gasteiger partial charge < -0.3 is 14.5 Å². The molecule has 9 heteroatoms. The number of ether oxygens (including phenoxy) is 1. The van der Waals surface area contributed by atoms with E-state index in [4.69, 9.17) is 4.74 Å². The van der Waals surface area contributed by atoms with Crippen LogP contribution < -0.4 is 14.5 Å². The van der Waals surface area contributed by atoms with Crippen molar-refractivity contribution in [2.45, 2.75) is 26.1 Å². The Bertz CT molecular complexity index is 745. The highest BCUT2D eigenvalue weighted by Gasteiger charge is 2.33. The first kappa shape index (κ1) is 18.2. The van der Waals surface area contributed by atoms with Gasteiger partial charge in [0.05, 0.1) is 6.10 Å². The topological polar surface area (TPSA) is 54.4 Å². The molecule has 26 heavy (non-hydrogen) atoms. The van der Waals surface area contributed by atoms with Gasteiger partial charge in [0.2, 0.25) is 5.88 Å². The minimum Gasteiger partial charge on any atom is -0.475 e. The van der Waals surface area contributed by atoms with E-state index in [-0.39, 0.29) is 11.9 Å². The van der Waals surface area contributed by atoms with Gasteiger partial charge in [-0.15, -0.1) is 0 Å². The lowest BCUT2D eigenvalue weighted by atomic mass is 10.3. The maximum atomic E-state index is 12.8. The van der Waals surface area contributed by atoms with Gasteiger partial charge in [0.25, 0.3) is 0 Å². The Balaban J connectivity index is 1.66. The van der Waals surface area contributed by atoms with E-state index >= 15 is 0 Å². The molecule has 2 aromatic rings. The molecule has 0 spiro atoms. The van der Waals surface area contributed by atoms with Crippen LogP contribution in [0.3, 0.4) is 0 Å². The average Bonchev–Trinajstić information content (AvgIpc) is 2.61. The lowest BCUT2D eigenvalue weighted by Gasteiger charge is -2.36. The van der Waals surface area contributed by atoms with E-state index in [1.54, 1.807) is 6.07 Å². The van der Waals surface area contributed by atoms with Gasteiger partial charge in [-0.2, -0.15) is 18.2 Å². The van der Waals surface area contributed by atoms with E-state index in [1.165, 1.54) is 0 Å². The molecule has 0 aromatic carbocycles. The molecule has 0 radical (unpaired) electrons. The van der Waals surface area contributed by atoms with Crippen LogP contribution in [0.4, 0.5) is 24.8 Å². The zero-order chi connectivity index (χ0) is 18.7. The Labute approximate surface area is 149 Å². The summed E-state index contributed by atoms with van der Waals surface area (Å²) in [6, 6.07) is 6.58. The van der Waals surface area contributed by atoms with Crippen LogP contribution in [-0.2, 0) is 6.18 Å². The Morgan fingerprint density at radius 2 is 1.65 bits per heavy atom. The third-order valence-corrected chi connectivity index (χ3v) is 3.94. The second-order valence-electron chi connectivity index (χ2n) is 6.23. The Morgan fingerprint density at radius 1 is 1.00 bits per heavy atom. The van der Waals surface area contributed by atoms with Gasteiger partial charge in [-0.3, -0.25) is 0 Å². The minimum atomic E-state index is -4.47. The number of hydrogen-bond donors (Lipinski definition) is 0. The first-order valence-corrected chi connectivity index (χ1v) is 8.36. The summed E-state index contributed by atoms with van der Waals surface area (Å²) in [7, 11) is 0. The summed E-state index contributed by atoms with van der Waals surface area (Å²) < 4.78 is 44.0. The first-order valence-electron chi connectivity index (χ1n) is 8.36. The highest BCUT2D eigenvalue weighted by atomic mass is 19.4. The SMILES string of the molecule is CC(C)Oc1cccc(N2CCN(c3cc(C(F)(F)F)ncn3)CC2)n1. The summed E-state index contributed by atoms with van der Waals surface area (Å²) in [5, 5.41) is 0. The predicted molar refractivity (Wildman–Crippen MR) is 91.5 cm³/mol. The number of alkyl halides is 3. The predicted octanol–water partition coefficient (Wildman–Crippen LogP) is 3.00. The lowest BCUT2D eigenvalue weighted by molar-refractivity contribution is -0.141. The minimum absolute atomic E-state index is 0.0372. The first-order chi connectivity index (χ1) is 12.3. The van der Waals surface area contributed by atoms with Crippen molar-refractivity contribution in [1.82, 2.24) is 15.0 Å². The van der Waals surface area contributed by atoms with Crippen molar-refractivity contribution in [3.8, 4) is 5.88 Å². The van der Waals surface area contributed by atoms with Gasteiger partial charge in [0.1, 0.15) is 23.7 Å². The number of nitrogens with zero attached hydrogens (tertiary/aromatic N) is 5. The van der Waals surface area contributed by atoms with Crippen molar-refractivity contribution >= 4 is 11.6 Å². The highest BCUT2D eigenvalue weighted by molar-refractivity contribution is 5.46. The van der Waals surface area contributed by atoms with Gasteiger partial charge in [-0.05, 0) is 19.9 Å². The average molecular weight is 367 g/mol. The van der Waals surface area contributed by atoms with Crippen molar-refractivity contribution in [1.29, 1.82) is 0 Å². The van der Waals surface area contributed by atoms with Gasteiger partial charge in [0, 0.05) is 38.3 Å². The Hall–Kier alpha value is -2.58. The standard InChI is InChI=1S/C17H20F3N5O/c1-12(2)26-16-5-3-4-14(23-16)24-6-8-25(9-7-24)15-10-13(17(18,19)20)21-11-22-15/h3-5,10-12H,6-9H2,1-2H3. The van der Waals surface area contributed by atoms with E-state index in [0.29, 0.717) is 32.1 Å². The largest absolute Gasteiger partial charge is 0.475 e. The highest BCUT2D eigenvalue weighted by Crippen LogP contribution is 2.29. The molecule has 1 saturated heterocycles. The molecule has 6 nitrogen and oxygen atoms in total. The van der Waals surface area contributed by atoms with Crippen molar-refractivity contribution < 1.29 is 17.9 Å². The summed E-state index contributed by atoms with van der Waals surface area (Å²) in [5.74, 6) is 1.64. The molecule has 0 atom stereocenters.